The zero-order valence-corrected chi connectivity index (χ0v) is 18.7. The summed E-state index contributed by atoms with van der Waals surface area (Å²) in [5.41, 5.74) is 1.77. The summed E-state index contributed by atoms with van der Waals surface area (Å²) in [6, 6.07) is 17.4. The number of para-hydroxylation sites is 1. The summed E-state index contributed by atoms with van der Waals surface area (Å²) in [5, 5.41) is 0.403. The van der Waals surface area contributed by atoms with Crippen molar-refractivity contribution in [2.45, 2.75) is 19.5 Å². The molecule has 6 nitrogen and oxygen atoms in total. The summed E-state index contributed by atoms with van der Waals surface area (Å²) >= 11 is 0. The third-order valence-corrected chi connectivity index (χ3v) is 5.94. The molecule has 4 aromatic rings. The van der Waals surface area contributed by atoms with Gasteiger partial charge in [-0.1, -0.05) is 30.3 Å². The molecule has 7 heteroatoms. The smallest absolute Gasteiger partial charge is 0.291 e. The predicted molar refractivity (Wildman–Crippen MR) is 125 cm³/mol. The van der Waals surface area contributed by atoms with Crippen LogP contribution in [0.1, 0.15) is 40.2 Å². The third kappa shape index (κ3) is 3.59. The summed E-state index contributed by atoms with van der Waals surface area (Å²) < 4.78 is 30.6. The van der Waals surface area contributed by atoms with E-state index >= 15 is 0 Å². The lowest BCUT2D eigenvalue weighted by Gasteiger charge is -2.26. The van der Waals surface area contributed by atoms with Gasteiger partial charge in [-0.15, -0.1) is 0 Å². The van der Waals surface area contributed by atoms with Crippen molar-refractivity contribution in [3.8, 4) is 11.5 Å². The average Bonchev–Trinajstić information content (AvgIpc) is 3.13. The van der Waals surface area contributed by atoms with E-state index in [1.54, 1.807) is 53.4 Å². The number of amides is 1. The van der Waals surface area contributed by atoms with Crippen molar-refractivity contribution in [1.82, 2.24) is 4.90 Å². The Balaban J connectivity index is 1.70. The van der Waals surface area contributed by atoms with E-state index in [9.17, 15) is 14.0 Å². The van der Waals surface area contributed by atoms with Crippen LogP contribution in [0.4, 0.5) is 4.39 Å². The molecule has 0 fully saturated rings. The first kappa shape index (κ1) is 21.7. The molecule has 1 atom stereocenters. The van der Waals surface area contributed by atoms with Crippen LogP contribution in [-0.4, -0.2) is 24.5 Å². The highest BCUT2D eigenvalue weighted by Crippen LogP contribution is 2.41. The van der Waals surface area contributed by atoms with E-state index in [0.29, 0.717) is 34.6 Å². The molecule has 172 valence electrons. The molecule has 0 aliphatic carbocycles. The Morgan fingerprint density at radius 1 is 1.00 bits per heavy atom. The van der Waals surface area contributed by atoms with Gasteiger partial charge in [0.1, 0.15) is 11.4 Å². The monoisotopic (exact) mass is 459 g/mol. The minimum absolute atomic E-state index is 0.0173. The molecular weight excluding hydrogens is 437 g/mol. The van der Waals surface area contributed by atoms with Crippen molar-refractivity contribution >= 4 is 16.9 Å². The largest absolute Gasteiger partial charge is 0.493 e. The number of hydrogen-bond donors (Lipinski definition) is 0. The van der Waals surface area contributed by atoms with E-state index in [4.69, 9.17) is 13.9 Å². The summed E-state index contributed by atoms with van der Waals surface area (Å²) in [7, 11) is 1.54. The minimum Gasteiger partial charge on any atom is -0.493 e. The van der Waals surface area contributed by atoms with E-state index < -0.39 is 11.9 Å². The van der Waals surface area contributed by atoms with Crippen molar-refractivity contribution in [3.63, 3.8) is 0 Å². The summed E-state index contributed by atoms with van der Waals surface area (Å²) in [6.07, 6.45) is 0. The topological polar surface area (TPSA) is 69.0 Å². The lowest BCUT2D eigenvalue weighted by atomic mass is 9.97. The van der Waals surface area contributed by atoms with Crippen molar-refractivity contribution in [3.05, 3.63) is 105 Å². The average molecular weight is 459 g/mol. The number of nitrogens with zero attached hydrogens (tertiary/aromatic N) is 1. The van der Waals surface area contributed by atoms with Gasteiger partial charge in [0.15, 0.2) is 16.9 Å². The van der Waals surface area contributed by atoms with Crippen molar-refractivity contribution in [2.24, 2.45) is 0 Å². The molecule has 1 unspecified atom stereocenters. The summed E-state index contributed by atoms with van der Waals surface area (Å²) in [4.78, 5) is 28.7. The summed E-state index contributed by atoms with van der Waals surface area (Å²) in [5.74, 6) is 0.306. The van der Waals surface area contributed by atoms with Crippen molar-refractivity contribution in [1.29, 1.82) is 0 Å². The fourth-order valence-corrected chi connectivity index (χ4v) is 4.39. The van der Waals surface area contributed by atoms with Crippen LogP contribution in [0.15, 0.2) is 75.9 Å². The number of fused-ring (bicyclic) bond motifs is 2. The van der Waals surface area contributed by atoms with E-state index in [1.807, 2.05) is 13.0 Å². The molecule has 1 aromatic heterocycles. The lowest BCUT2D eigenvalue weighted by molar-refractivity contribution is 0.0714. The molecule has 0 bridgehead atoms. The van der Waals surface area contributed by atoms with Gasteiger partial charge in [0.05, 0.1) is 30.7 Å². The fraction of sp³-hybridized carbons (Fsp3) is 0.185. The molecule has 1 aliphatic heterocycles. The van der Waals surface area contributed by atoms with Crippen LogP contribution in [-0.2, 0) is 6.54 Å². The zero-order chi connectivity index (χ0) is 23.8. The lowest BCUT2D eigenvalue weighted by Crippen LogP contribution is -2.29. The quantitative estimate of drug-likeness (QED) is 0.402. The van der Waals surface area contributed by atoms with Gasteiger partial charge >= 0.3 is 0 Å². The van der Waals surface area contributed by atoms with Gasteiger partial charge in [-0.2, -0.15) is 0 Å². The number of hydrogen-bond acceptors (Lipinski definition) is 5. The molecule has 5 rings (SSSR count). The van der Waals surface area contributed by atoms with E-state index in [1.165, 1.54) is 19.2 Å². The second-order valence-corrected chi connectivity index (χ2v) is 7.98. The molecule has 0 N–H and O–H groups in total. The second-order valence-electron chi connectivity index (χ2n) is 7.98. The minimum atomic E-state index is -0.710. The zero-order valence-electron chi connectivity index (χ0n) is 18.7. The molecule has 3 aromatic carbocycles. The van der Waals surface area contributed by atoms with E-state index in [2.05, 4.69) is 0 Å². The van der Waals surface area contributed by atoms with Gasteiger partial charge in [-0.25, -0.2) is 4.39 Å². The normalized spacial score (nSPS) is 15.0. The SMILES string of the molecule is CCOc1ccc(C2c3c(oc4ccccc4c3=O)C(=O)N2Cc2ccc(F)cc2)cc1OC. The Morgan fingerprint density at radius 3 is 2.50 bits per heavy atom. The summed E-state index contributed by atoms with van der Waals surface area (Å²) in [6.45, 7) is 2.51. The van der Waals surface area contributed by atoms with Crippen LogP contribution in [0.3, 0.4) is 0 Å². The molecule has 0 saturated carbocycles. The van der Waals surface area contributed by atoms with Gasteiger partial charge in [-0.3, -0.25) is 9.59 Å². The molecule has 2 heterocycles. The van der Waals surface area contributed by atoms with Gasteiger partial charge in [0.25, 0.3) is 5.91 Å². The fourth-order valence-electron chi connectivity index (χ4n) is 4.39. The number of halogens is 1. The predicted octanol–water partition coefficient (Wildman–Crippen LogP) is 5.08. The Bertz CT molecular complexity index is 1440. The van der Waals surface area contributed by atoms with Crippen LogP contribution in [0.5, 0.6) is 11.5 Å². The maximum atomic E-state index is 13.6. The van der Waals surface area contributed by atoms with Gasteiger partial charge in [0, 0.05) is 6.54 Å². The number of methoxy groups -OCH3 is 1. The molecule has 0 saturated heterocycles. The van der Waals surface area contributed by atoms with E-state index in [0.717, 1.165) is 5.56 Å². The van der Waals surface area contributed by atoms with Gasteiger partial charge in [-0.05, 0) is 54.4 Å². The first-order chi connectivity index (χ1) is 16.5. The number of carbonyl (C=O) groups is 1. The second kappa shape index (κ2) is 8.67. The Morgan fingerprint density at radius 2 is 1.76 bits per heavy atom. The molecule has 0 spiro atoms. The van der Waals surface area contributed by atoms with Gasteiger partial charge < -0.3 is 18.8 Å². The van der Waals surface area contributed by atoms with Gasteiger partial charge in [0.2, 0.25) is 5.76 Å². The molecule has 1 aliphatic rings. The van der Waals surface area contributed by atoms with Crippen LogP contribution < -0.4 is 14.9 Å². The Labute approximate surface area is 195 Å². The highest BCUT2D eigenvalue weighted by Gasteiger charge is 2.43. The van der Waals surface area contributed by atoms with Crippen LogP contribution in [0, 0.1) is 5.82 Å². The Hall–Kier alpha value is -4.13. The van der Waals surface area contributed by atoms with Crippen LogP contribution in [0.2, 0.25) is 0 Å². The van der Waals surface area contributed by atoms with Crippen LogP contribution in [0.25, 0.3) is 11.0 Å². The highest BCUT2D eigenvalue weighted by atomic mass is 19.1. The maximum Gasteiger partial charge on any atom is 0.291 e. The number of carbonyl (C=O) groups excluding carboxylic acids is 1. The molecular formula is C27H22FNO5. The first-order valence-electron chi connectivity index (χ1n) is 10.9. The van der Waals surface area contributed by atoms with Crippen LogP contribution >= 0.6 is 0 Å². The van der Waals surface area contributed by atoms with Crippen molar-refractivity contribution in [2.75, 3.05) is 13.7 Å². The maximum absolute atomic E-state index is 13.6. The molecule has 0 radical (unpaired) electrons. The number of rotatable bonds is 6. The highest BCUT2D eigenvalue weighted by molar-refractivity contribution is 5.99. The number of benzene rings is 3. The third-order valence-electron chi connectivity index (χ3n) is 5.94. The van der Waals surface area contributed by atoms with Crippen molar-refractivity contribution < 1.29 is 23.1 Å². The van der Waals surface area contributed by atoms with E-state index in [-0.39, 0.29) is 29.1 Å². The molecule has 34 heavy (non-hydrogen) atoms. The first-order valence-corrected chi connectivity index (χ1v) is 10.9. The number of ether oxygens (including phenoxy) is 2. The standard InChI is InChI=1S/C27H22FNO5/c1-3-33-21-13-10-17(14-22(21)32-2)24-23-25(30)19-6-4-5-7-20(19)34-26(23)27(31)29(24)15-16-8-11-18(28)12-9-16/h4-14,24H,3,15H2,1-2H3. The molecule has 1 amide bonds. The Kier molecular flexibility index (Phi) is 5.53.